The van der Waals surface area contributed by atoms with E-state index in [2.05, 4.69) is 10.6 Å². The van der Waals surface area contributed by atoms with E-state index >= 15 is 0 Å². The van der Waals surface area contributed by atoms with Crippen molar-refractivity contribution in [2.24, 2.45) is 0 Å². The number of thiocarbonyl (C=S) groups is 1. The second-order valence-corrected chi connectivity index (χ2v) is 3.74. The van der Waals surface area contributed by atoms with Crippen LogP contribution in [0.2, 0.25) is 0 Å². The first-order valence-corrected chi connectivity index (χ1v) is 5.35. The van der Waals surface area contributed by atoms with Crippen LogP contribution in [0.4, 0.5) is 5.69 Å². The molecule has 1 aromatic rings. The summed E-state index contributed by atoms with van der Waals surface area (Å²) in [7, 11) is 0. The zero-order valence-electron chi connectivity index (χ0n) is 8.79. The Morgan fingerprint density at radius 3 is 2.93 bits per heavy atom. The Bertz CT molecular complexity index is 328. The van der Waals surface area contributed by atoms with E-state index in [0.29, 0.717) is 18.1 Å². The monoisotopic (exact) mass is 224 g/mol. The Kier molecular flexibility index (Phi) is 5.07. The number of hydrogen-bond acceptors (Lipinski definition) is 2. The van der Waals surface area contributed by atoms with Gasteiger partial charge in [-0.05, 0) is 43.3 Å². The van der Waals surface area contributed by atoms with Crippen LogP contribution in [0.5, 0.6) is 0 Å². The molecule has 0 atom stereocenters. The molecule has 0 saturated carbocycles. The Balaban J connectivity index is 2.37. The smallest absolute Gasteiger partial charge is 0.170 e. The van der Waals surface area contributed by atoms with Crippen molar-refractivity contribution in [1.29, 1.82) is 0 Å². The Morgan fingerprint density at radius 2 is 2.27 bits per heavy atom. The lowest BCUT2D eigenvalue weighted by Crippen LogP contribution is -2.29. The third-order valence-corrected chi connectivity index (χ3v) is 2.14. The van der Waals surface area contributed by atoms with Crippen molar-refractivity contribution in [2.75, 3.05) is 18.5 Å². The second kappa shape index (κ2) is 6.37. The number of benzene rings is 1. The molecule has 0 aliphatic carbocycles. The van der Waals surface area contributed by atoms with E-state index in [1.165, 1.54) is 5.56 Å². The average Bonchev–Trinajstić information content (AvgIpc) is 2.18. The van der Waals surface area contributed by atoms with E-state index in [-0.39, 0.29) is 6.61 Å². The quantitative estimate of drug-likeness (QED) is 0.537. The van der Waals surface area contributed by atoms with Crippen molar-refractivity contribution >= 4 is 23.0 Å². The molecule has 0 fully saturated rings. The van der Waals surface area contributed by atoms with Gasteiger partial charge in [-0.2, -0.15) is 0 Å². The van der Waals surface area contributed by atoms with Gasteiger partial charge in [0.25, 0.3) is 0 Å². The second-order valence-electron chi connectivity index (χ2n) is 3.33. The normalized spacial score (nSPS) is 9.73. The largest absolute Gasteiger partial charge is 0.396 e. The molecule has 0 aromatic heterocycles. The van der Waals surface area contributed by atoms with Crippen molar-refractivity contribution in [1.82, 2.24) is 5.32 Å². The minimum atomic E-state index is 0.181. The molecule has 3 nitrogen and oxygen atoms in total. The molecule has 1 rings (SSSR count). The lowest BCUT2D eigenvalue weighted by atomic mass is 10.2. The standard InChI is InChI=1S/C11H16N2OS/c1-9-4-2-5-10(8-9)13-11(15)12-6-3-7-14/h2,4-5,8,14H,3,6-7H2,1H3,(H2,12,13,15). The highest BCUT2D eigenvalue weighted by atomic mass is 32.1. The highest BCUT2D eigenvalue weighted by Gasteiger charge is 1.96. The summed E-state index contributed by atoms with van der Waals surface area (Å²) in [5, 5.41) is 15.3. The van der Waals surface area contributed by atoms with Gasteiger partial charge in [0.1, 0.15) is 0 Å². The number of aryl methyl sites for hydroxylation is 1. The summed E-state index contributed by atoms with van der Waals surface area (Å²) >= 11 is 5.09. The third kappa shape index (κ3) is 4.76. The predicted octanol–water partition coefficient (Wildman–Crippen LogP) is 1.66. The van der Waals surface area contributed by atoms with Crippen LogP contribution < -0.4 is 10.6 Å². The van der Waals surface area contributed by atoms with Gasteiger partial charge < -0.3 is 15.7 Å². The highest BCUT2D eigenvalue weighted by Crippen LogP contribution is 2.08. The van der Waals surface area contributed by atoms with Gasteiger partial charge in [0.15, 0.2) is 5.11 Å². The zero-order valence-corrected chi connectivity index (χ0v) is 9.60. The Hall–Kier alpha value is -1.13. The van der Waals surface area contributed by atoms with Crippen LogP contribution in [-0.2, 0) is 0 Å². The fourth-order valence-electron chi connectivity index (χ4n) is 1.18. The van der Waals surface area contributed by atoms with Crippen LogP contribution >= 0.6 is 12.2 Å². The summed E-state index contributed by atoms with van der Waals surface area (Å²) in [6, 6.07) is 8.01. The maximum absolute atomic E-state index is 8.60. The van der Waals surface area contributed by atoms with Gasteiger partial charge in [0.05, 0.1) is 0 Å². The van der Waals surface area contributed by atoms with Gasteiger partial charge in [0, 0.05) is 18.8 Å². The molecule has 0 aliphatic heterocycles. The van der Waals surface area contributed by atoms with E-state index < -0.39 is 0 Å². The first kappa shape index (κ1) is 11.9. The maximum atomic E-state index is 8.60. The molecular formula is C11H16N2OS. The van der Waals surface area contributed by atoms with Crippen LogP contribution in [0, 0.1) is 6.92 Å². The van der Waals surface area contributed by atoms with E-state index in [4.69, 9.17) is 17.3 Å². The Labute approximate surface area is 95.5 Å². The van der Waals surface area contributed by atoms with Gasteiger partial charge in [-0.25, -0.2) is 0 Å². The summed E-state index contributed by atoms with van der Waals surface area (Å²) in [6.45, 7) is 2.90. The van der Waals surface area contributed by atoms with Crippen molar-refractivity contribution in [3.63, 3.8) is 0 Å². The molecule has 4 heteroatoms. The van der Waals surface area contributed by atoms with Crippen molar-refractivity contribution in [2.45, 2.75) is 13.3 Å². The number of anilines is 1. The number of aliphatic hydroxyl groups is 1. The molecular weight excluding hydrogens is 208 g/mol. The molecule has 15 heavy (non-hydrogen) atoms. The molecule has 0 radical (unpaired) electrons. The van der Waals surface area contributed by atoms with E-state index in [1.807, 2.05) is 31.2 Å². The van der Waals surface area contributed by atoms with Crippen LogP contribution in [0.3, 0.4) is 0 Å². The van der Waals surface area contributed by atoms with Crippen LogP contribution in [0.15, 0.2) is 24.3 Å². The average molecular weight is 224 g/mol. The van der Waals surface area contributed by atoms with Gasteiger partial charge in [0.2, 0.25) is 0 Å². The summed E-state index contributed by atoms with van der Waals surface area (Å²) in [6.07, 6.45) is 0.704. The van der Waals surface area contributed by atoms with E-state index in [0.717, 1.165) is 5.69 Å². The molecule has 3 N–H and O–H groups in total. The van der Waals surface area contributed by atoms with E-state index in [1.54, 1.807) is 0 Å². The molecule has 1 aromatic carbocycles. The van der Waals surface area contributed by atoms with Gasteiger partial charge in [-0.15, -0.1) is 0 Å². The number of nitrogens with one attached hydrogen (secondary N) is 2. The lowest BCUT2D eigenvalue weighted by Gasteiger charge is -2.10. The summed E-state index contributed by atoms with van der Waals surface area (Å²) in [4.78, 5) is 0. The Morgan fingerprint density at radius 1 is 1.47 bits per heavy atom. The SMILES string of the molecule is Cc1cccc(NC(=S)NCCCO)c1. The molecule has 0 bridgehead atoms. The first-order valence-electron chi connectivity index (χ1n) is 4.95. The molecule has 0 unspecified atom stereocenters. The van der Waals surface area contributed by atoms with Crippen LogP contribution in [0.1, 0.15) is 12.0 Å². The van der Waals surface area contributed by atoms with Crippen LogP contribution in [0.25, 0.3) is 0 Å². The molecule has 0 saturated heterocycles. The van der Waals surface area contributed by atoms with E-state index in [9.17, 15) is 0 Å². The van der Waals surface area contributed by atoms with Crippen LogP contribution in [-0.4, -0.2) is 23.4 Å². The molecule has 0 aliphatic rings. The lowest BCUT2D eigenvalue weighted by molar-refractivity contribution is 0.289. The summed E-state index contributed by atoms with van der Waals surface area (Å²) in [5.41, 5.74) is 2.18. The molecule has 0 heterocycles. The van der Waals surface area contributed by atoms with Crippen molar-refractivity contribution in [3.8, 4) is 0 Å². The number of aliphatic hydroxyl groups excluding tert-OH is 1. The fraction of sp³-hybridized carbons (Fsp3) is 0.364. The highest BCUT2D eigenvalue weighted by molar-refractivity contribution is 7.80. The minimum absolute atomic E-state index is 0.181. The predicted molar refractivity (Wildman–Crippen MR) is 67.1 cm³/mol. The zero-order chi connectivity index (χ0) is 11.1. The molecule has 0 spiro atoms. The van der Waals surface area contributed by atoms with Gasteiger partial charge in [-0.3, -0.25) is 0 Å². The fourth-order valence-corrected chi connectivity index (χ4v) is 1.40. The number of hydrogen-bond donors (Lipinski definition) is 3. The summed E-state index contributed by atoms with van der Waals surface area (Å²) in [5.74, 6) is 0. The molecule has 82 valence electrons. The minimum Gasteiger partial charge on any atom is -0.396 e. The number of rotatable bonds is 4. The topological polar surface area (TPSA) is 44.3 Å². The summed E-state index contributed by atoms with van der Waals surface area (Å²) < 4.78 is 0. The van der Waals surface area contributed by atoms with Crippen molar-refractivity contribution in [3.05, 3.63) is 29.8 Å². The maximum Gasteiger partial charge on any atom is 0.170 e. The van der Waals surface area contributed by atoms with Crippen molar-refractivity contribution < 1.29 is 5.11 Å². The first-order chi connectivity index (χ1) is 7.22. The van der Waals surface area contributed by atoms with Gasteiger partial charge in [-0.1, -0.05) is 12.1 Å². The molecule has 0 amide bonds. The van der Waals surface area contributed by atoms with Gasteiger partial charge >= 0.3 is 0 Å². The third-order valence-electron chi connectivity index (χ3n) is 1.90.